The van der Waals surface area contributed by atoms with Crippen molar-refractivity contribution in [3.8, 4) is 6.07 Å². The molecule has 1 atom stereocenters. The topological polar surface area (TPSA) is 88.5 Å². The van der Waals surface area contributed by atoms with E-state index in [1.165, 1.54) is 0 Å². The van der Waals surface area contributed by atoms with Crippen molar-refractivity contribution >= 4 is 24.3 Å². The van der Waals surface area contributed by atoms with Gasteiger partial charge in [0.15, 0.2) is 0 Å². The Morgan fingerprint density at radius 3 is 2.35 bits per heavy atom. The van der Waals surface area contributed by atoms with Crippen molar-refractivity contribution in [1.29, 1.82) is 5.26 Å². The lowest BCUT2D eigenvalue weighted by Gasteiger charge is -2.33. The fourth-order valence-corrected chi connectivity index (χ4v) is 3.13. The average molecular weight is 388 g/mol. The van der Waals surface area contributed by atoms with E-state index in [1.807, 2.05) is 41.5 Å². The Hall–Kier alpha value is -1.52. The number of hydrogen-bond acceptors (Lipinski definition) is 4. The van der Waals surface area contributed by atoms with Gasteiger partial charge in [0.1, 0.15) is 6.04 Å². The first-order valence-electron chi connectivity index (χ1n) is 9.09. The molecule has 0 aromatic carbocycles. The number of nitriles is 1. The first-order chi connectivity index (χ1) is 11.6. The molecule has 0 aliphatic carbocycles. The molecule has 8 heteroatoms. The highest BCUT2D eigenvalue weighted by Gasteiger charge is 2.30. The van der Waals surface area contributed by atoms with Crippen LogP contribution in [0.15, 0.2) is 0 Å². The number of nitrogens with zero attached hydrogens (tertiary/aromatic N) is 3. The highest BCUT2D eigenvalue weighted by atomic mass is 35.5. The number of nitrogens with one attached hydrogen (secondary N) is 2. The molecular weight excluding hydrogens is 354 g/mol. The van der Waals surface area contributed by atoms with Gasteiger partial charge in [-0.05, 0) is 54.4 Å². The largest absolute Gasteiger partial charge is 0.336 e. The predicted molar refractivity (Wildman–Crippen MR) is 105 cm³/mol. The molecule has 7 nitrogen and oxygen atoms in total. The van der Waals surface area contributed by atoms with Crippen LogP contribution in [-0.4, -0.2) is 65.0 Å². The Bertz CT molecular complexity index is 508. The molecule has 150 valence electrons. The zero-order valence-corrected chi connectivity index (χ0v) is 17.7. The maximum atomic E-state index is 12.4. The van der Waals surface area contributed by atoms with Crippen LogP contribution in [0.5, 0.6) is 0 Å². The summed E-state index contributed by atoms with van der Waals surface area (Å²) in [6.45, 7) is 13.1. The molecule has 1 fully saturated rings. The second kappa shape index (κ2) is 10.6. The monoisotopic (exact) mass is 387 g/mol. The van der Waals surface area contributed by atoms with E-state index in [-0.39, 0.29) is 49.0 Å². The van der Waals surface area contributed by atoms with Crippen LogP contribution in [0.1, 0.15) is 54.4 Å². The van der Waals surface area contributed by atoms with Gasteiger partial charge in [0, 0.05) is 30.7 Å². The summed E-state index contributed by atoms with van der Waals surface area (Å²) in [5.74, 6) is -0.0607. The van der Waals surface area contributed by atoms with Crippen LogP contribution in [0.4, 0.5) is 4.79 Å². The van der Waals surface area contributed by atoms with Gasteiger partial charge >= 0.3 is 6.03 Å². The molecule has 1 aliphatic rings. The van der Waals surface area contributed by atoms with Crippen molar-refractivity contribution in [3.63, 3.8) is 0 Å². The molecule has 1 aliphatic heterocycles. The molecule has 0 spiro atoms. The second-order valence-corrected chi connectivity index (χ2v) is 7.87. The van der Waals surface area contributed by atoms with Gasteiger partial charge in [-0.15, -0.1) is 12.4 Å². The summed E-state index contributed by atoms with van der Waals surface area (Å²) in [5, 5.41) is 15.2. The minimum Gasteiger partial charge on any atom is -0.336 e. The first-order valence-corrected chi connectivity index (χ1v) is 9.09. The summed E-state index contributed by atoms with van der Waals surface area (Å²) in [5.41, 5.74) is -0.424. The van der Waals surface area contributed by atoms with Crippen LogP contribution in [0.2, 0.25) is 0 Å². The fraction of sp³-hybridized carbons (Fsp3) is 0.833. The first kappa shape index (κ1) is 24.5. The van der Waals surface area contributed by atoms with Crippen LogP contribution in [0, 0.1) is 11.3 Å². The Balaban J connectivity index is 0.00000625. The predicted octanol–water partition coefficient (Wildman–Crippen LogP) is 2.12. The number of urea groups is 1. The zero-order valence-electron chi connectivity index (χ0n) is 16.8. The normalized spacial score (nSPS) is 17.0. The minimum absolute atomic E-state index is 0. The summed E-state index contributed by atoms with van der Waals surface area (Å²) in [6, 6.07) is 2.02. The average Bonchev–Trinajstić information content (AvgIpc) is 2.99. The van der Waals surface area contributed by atoms with Gasteiger partial charge in [-0.2, -0.15) is 5.26 Å². The van der Waals surface area contributed by atoms with E-state index < -0.39 is 5.54 Å². The standard InChI is InChI=1S/C18H33N5O2.ClH/c1-13(2)23(14(3)4)17(25)20-12-18(5,6)21-11-16(24)22-9-7-8-15(22)10-19;/h13-15,21H,7-9,11-12H2,1-6H3,(H,20,25);1H/t15-;/m0./s1. The van der Waals surface area contributed by atoms with E-state index in [2.05, 4.69) is 16.7 Å². The van der Waals surface area contributed by atoms with Crippen molar-refractivity contribution in [2.45, 2.75) is 78.0 Å². The SMILES string of the molecule is CC(C)N(C(=O)NCC(C)(C)NCC(=O)N1CCC[C@H]1C#N)C(C)C.Cl. The Morgan fingerprint density at radius 1 is 1.27 bits per heavy atom. The molecule has 0 radical (unpaired) electrons. The van der Waals surface area contributed by atoms with Crippen LogP contribution in [-0.2, 0) is 4.79 Å². The van der Waals surface area contributed by atoms with Crippen LogP contribution in [0.3, 0.4) is 0 Å². The van der Waals surface area contributed by atoms with Crippen molar-refractivity contribution < 1.29 is 9.59 Å². The third-order valence-corrected chi connectivity index (χ3v) is 4.47. The van der Waals surface area contributed by atoms with Gasteiger partial charge in [-0.1, -0.05) is 0 Å². The number of halogens is 1. The third-order valence-electron chi connectivity index (χ3n) is 4.47. The minimum atomic E-state index is -0.424. The van der Waals surface area contributed by atoms with Gasteiger partial charge in [0.25, 0.3) is 0 Å². The van der Waals surface area contributed by atoms with Crippen molar-refractivity contribution in [2.24, 2.45) is 0 Å². The number of rotatable bonds is 7. The molecule has 0 unspecified atom stereocenters. The van der Waals surface area contributed by atoms with E-state index >= 15 is 0 Å². The molecule has 0 aromatic heterocycles. The summed E-state index contributed by atoms with van der Waals surface area (Å²) in [6.07, 6.45) is 1.63. The number of carbonyl (C=O) groups excluding carboxylic acids is 2. The van der Waals surface area contributed by atoms with E-state index in [1.54, 1.807) is 9.80 Å². The Morgan fingerprint density at radius 2 is 1.85 bits per heavy atom. The second-order valence-electron chi connectivity index (χ2n) is 7.87. The van der Waals surface area contributed by atoms with E-state index in [9.17, 15) is 9.59 Å². The number of hydrogen-bond donors (Lipinski definition) is 2. The van der Waals surface area contributed by atoms with Crippen molar-refractivity contribution in [1.82, 2.24) is 20.4 Å². The maximum Gasteiger partial charge on any atom is 0.317 e. The fourth-order valence-electron chi connectivity index (χ4n) is 3.13. The molecule has 0 aromatic rings. The summed E-state index contributed by atoms with van der Waals surface area (Å²) in [4.78, 5) is 28.1. The van der Waals surface area contributed by atoms with Gasteiger partial charge in [0.2, 0.25) is 5.91 Å². The van der Waals surface area contributed by atoms with Crippen molar-refractivity contribution in [2.75, 3.05) is 19.6 Å². The van der Waals surface area contributed by atoms with Crippen LogP contribution in [0.25, 0.3) is 0 Å². The number of amides is 3. The van der Waals surface area contributed by atoms with Gasteiger partial charge in [-0.25, -0.2) is 4.79 Å². The van der Waals surface area contributed by atoms with Crippen LogP contribution < -0.4 is 10.6 Å². The van der Waals surface area contributed by atoms with Crippen molar-refractivity contribution in [3.05, 3.63) is 0 Å². The molecular formula is C18H34ClN5O2. The molecule has 1 heterocycles. The molecule has 26 heavy (non-hydrogen) atoms. The third kappa shape index (κ3) is 7.00. The van der Waals surface area contributed by atoms with E-state index in [4.69, 9.17) is 5.26 Å². The van der Waals surface area contributed by atoms with E-state index in [0.717, 1.165) is 12.8 Å². The van der Waals surface area contributed by atoms with E-state index in [0.29, 0.717) is 13.1 Å². The summed E-state index contributed by atoms with van der Waals surface area (Å²) in [7, 11) is 0. The van der Waals surface area contributed by atoms with Gasteiger partial charge in [0.05, 0.1) is 12.6 Å². The number of likely N-dealkylation sites (tertiary alicyclic amines) is 1. The molecule has 1 saturated heterocycles. The van der Waals surface area contributed by atoms with Gasteiger partial charge in [-0.3, -0.25) is 4.79 Å². The quantitative estimate of drug-likeness (QED) is 0.700. The lowest BCUT2D eigenvalue weighted by atomic mass is 10.1. The highest BCUT2D eigenvalue weighted by Crippen LogP contribution is 2.16. The Labute approximate surface area is 163 Å². The number of carbonyl (C=O) groups is 2. The summed E-state index contributed by atoms with van der Waals surface area (Å²) >= 11 is 0. The zero-order chi connectivity index (χ0) is 19.2. The summed E-state index contributed by atoms with van der Waals surface area (Å²) < 4.78 is 0. The maximum absolute atomic E-state index is 12.4. The lowest BCUT2D eigenvalue weighted by Crippen LogP contribution is -2.56. The smallest absolute Gasteiger partial charge is 0.317 e. The molecule has 3 amide bonds. The lowest BCUT2D eigenvalue weighted by molar-refractivity contribution is -0.130. The highest BCUT2D eigenvalue weighted by molar-refractivity contribution is 5.85. The molecule has 0 saturated carbocycles. The molecule has 0 bridgehead atoms. The molecule has 2 N–H and O–H groups in total. The van der Waals surface area contributed by atoms with Gasteiger partial charge < -0.3 is 20.4 Å². The Kier molecular flexibility index (Phi) is 9.97. The molecule has 1 rings (SSSR count). The van der Waals surface area contributed by atoms with Crippen LogP contribution >= 0.6 is 12.4 Å².